The largest absolute Gasteiger partial charge is 0.494 e. The minimum Gasteiger partial charge on any atom is -0.494 e. The molecule has 1 aliphatic rings. The monoisotopic (exact) mass is 438 g/mol. The topological polar surface area (TPSA) is 34.1 Å². The van der Waals surface area contributed by atoms with E-state index >= 15 is 0 Å². The van der Waals surface area contributed by atoms with Gasteiger partial charge in [-0.1, -0.05) is 56.2 Å². The minimum absolute atomic E-state index is 0.238. The van der Waals surface area contributed by atoms with Crippen LogP contribution < -0.4 is 14.4 Å². The van der Waals surface area contributed by atoms with Gasteiger partial charge in [-0.15, -0.1) is 6.42 Å². The summed E-state index contributed by atoms with van der Waals surface area (Å²) in [6.45, 7) is 8.62. The maximum absolute atomic E-state index is 5.73. The van der Waals surface area contributed by atoms with Gasteiger partial charge in [0.1, 0.15) is 24.8 Å². The number of ether oxygens (including phenoxy) is 2. The highest BCUT2D eigenvalue weighted by Crippen LogP contribution is 2.33. The lowest BCUT2D eigenvalue weighted by Crippen LogP contribution is -2.29. The van der Waals surface area contributed by atoms with Crippen LogP contribution in [-0.4, -0.2) is 25.6 Å². The molecule has 1 aliphatic heterocycles. The predicted molar refractivity (Wildman–Crippen MR) is 136 cm³/mol. The Balaban J connectivity index is 1.68. The molecule has 0 fully saturated rings. The molecule has 0 saturated carbocycles. The molecule has 0 atom stereocenters. The van der Waals surface area contributed by atoms with Crippen LogP contribution in [0, 0.1) is 12.3 Å². The van der Waals surface area contributed by atoms with Crippen molar-refractivity contribution in [2.24, 2.45) is 4.99 Å². The third-order valence-electron chi connectivity index (χ3n) is 5.72. The van der Waals surface area contributed by atoms with Crippen LogP contribution in [0.5, 0.6) is 11.5 Å². The van der Waals surface area contributed by atoms with E-state index < -0.39 is 0 Å². The molecule has 4 rings (SSSR count). The normalized spacial score (nSPS) is 12.7. The molecule has 1 heterocycles. The Hall–Kier alpha value is -3.71. The van der Waals surface area contributed by atoms with E-state index in [-0.39, 0.29) is 6.61 Å². The molecule has 0 spiro atoms. The van der Waals surface area contributed by atoms with Crippen molar-refractivity contribution < 1.29 is 9.47 Å². The first-order chi connectivity index (χ1) is 16.1. The van der Waals surface area contributed by atoms with Gasteiger partial charge in [0.05, 0.1) is 12.3 Å². The fourth-order valence-corrected chi connectivity index (χ4v) is 4.04. The number of anilines is 1. The van der Waals surface area contributed by atoms with Gasteiger partial charge in [0, 0.05) is 23.4 Å². The van der Waals surface area contributed by atoms with E-state index in [2.05, 4.69) is 67.1 Å². The molecule has 0 radical (unpaired) electrons. The summed E-state index contributed by atoms with van der Waals surface area (Å²) in [6, 6.07) is 23.1. The number of terminal acetylenes is 1. The van der Waals surface area contributed by atoms with E-state index in [9.17, 15) is 0 Å². The fourth-order valence-electron chi connectivity index (χ4n) is 4.04. The van der Waals surface area contributed by atoms with E-state index in [1.807, 2.05) is 31.2 Å². The average Bonchev–Trinajstić information content (AvgIpc) is 2.83. The third kappa shape index (κ3) is 5.21. The standard InChI is InChI=1S/C29H30N2O2/c1-5-16-33-26-14-15-28-27(18-26)29(24-12-10-23(11-13-24)21(3)4)30-20-31(28)19-22-8-7-9-25(17-22)32-6-2/h1,7-15,17-18,21H,6,16,19-20H2,2-4H3. The molecule has 0 aromatic heterocycles. The third-order valence-corrected chi connectivity index (χ3v) is 5.72. The smallest absolute Gasteiger partial charge is 0.148 e. The highest BCUT2D eigenvalue weighted by molar-refractivity contribution is 6.17. The SMILES string of the molecule is C#CCOc1ccc2c(c1)C(c1ccc(C(C)C)cc1)=NCN2Cc1cccc(OCC)c1. The zero-order chi connectivity index (χ0) is 23.2. The quantitative estimate of drug-likeness (QED) is 0.402. The molecular formula is C29H30N2O2. The molecule has 3 aromatic carbocycles. The van der Waals surface area contributed by atoms with Crippen LogP contribution in [0.3, 0.4) is 0 Å². The van der Waals surface area contributed by atoms with Gasteiger partial charge in [-0.2, -0.15) is 0 Å². The molecular weight excluding hydrogens is 408 g/mol. The first-order valence-corrected chi connectivity index (χ1v) is 11.4. The number of fused-ring (bicyclic) bond motifs is 1. The summed E-state index contributed by atoms with van der Waals surface area (Å²) in [5.41, 5.74) is 6.76. The molecule has 0 aliphatic carbocycles. The van der Waals surface area contributed by atoms with Gasteiger partial charge < -0.3 is 14.4 Å². The zero-order valence-corrected chi connectivity index (χ0v) is 19.5. The van der Waals surface area contributed by atoms with E-state index in [0.717, 1.165) is 40.6 Å². The van der Waals surface area contributed by atoms with E-state index in [1.54, 1.807) is 0 Å². The highest BCUT2D eigenvalue weighted by Gasteiger charge is 2.22. The fraction of sp³-hybridized carbons (Fsp3) is 0.276. The van der Waals surface area contributed by atoms with Crippen LogP contribution in [0.4, 0.5) is 5.69 Å². The lowest BCUT2D eigenvalue weighted by Gasteiger charge is -2.31. The van der Waals surface area contributed by atoms with Crippen LogP contribution in [0.1, 0.15) is 48.9 Å². The molecule has 168 valence electrons. The van der Waals surface area contributed by atoms with Crippen molar-refractivity contribution in [3.63, 3.8) is 0 Å². The Bertz CT molecular complexity index is 1170. The Morgan fingerprint density at radius 1 is 1.00 bits per heavy atom. The summed E-state index contributed by atoms with van der Waals surface area (Å²) in [7, 11) is 0. The lowest BCUT2D eigenvalue weighted by molar-refractivity contribution is 0.340. The minimum atomic E-state index is 0.238. The summed E-state index contributed by atoms with van der Waals surface area (Å²) >= 11 is 0. The summed E-state index contributed by atoms with van der Waals surface area (Å²) < 4.78 is 11.4. The molecule has 3 aromatic rings. The molecule has 0 saturated heterocycles. The van der Waals surface area contributed by atoms with Gasteiger partial charge >= 0.3 is 0 Å². The number of aliphatic imine (C=N–C) groups is 1. The number of hydrogen-bond acceptors (Lipinski definition) is 4. The summed E-state index contributed by atoms with van der Waals surface area (Å²) in [4.78, 5) is 7.26. The molecule has 0 bridgehead atoms. The second-order valence-electron chi connectivity index (χ2n) is 8.37. The second-order valence-corrected chi connectivity index (χ2v) is 8.37. The van der Waals surface area contributed by atoms with Crippen LogP contribution in [0.2, 0.25) is 0 Å². The Kier molecular flexibility index (Phi) is 7.00. The van der Waals surface area contributed by atoms with Crippen molar-refractivity contribution in [2.45, 2.75) is 33.2 Å². The first kappa shape index (κ1) is 22.5. The lowest BCUT2D eigenvalue weighted by atomic mass is 9.95. The Labute approximate surface area is 196 Å². The molecule has 0 amide bonds. The van der Waals surface area contributed by atoms with Crippen molar-refractivity contribution in [2.75, 3.05) is 24.8 Å². The molecule has 4 heteroatoms. The van der Waals surface area contributed by atoms with E-state index in [0.29, 0.717) is 19.2 Å². The maximum Gasteiger partial charge on any atom is 0.148 e. The summed E-state index contributed by atoms with van der Waals surface area (Å²) in [5, 5.41) is 0. The Morgan fingerprint density at radius 2 is 1.79 bits per heavy atom. The Morgan fingerprint density at radius 3 is 2.52 bits per heavy atom. The van der Waals surface area contributed by atoms with Crippen LogP contribution in [0.15, 0.2) is 71.7 Å². The van der Waals surface area contributed by atoms with Gasteiger partial charge in [0.2, 0.25) is 0 Å². The van der Waals surface area contributed by atoms with Crippen LogP contribution in [-0.2, 0) is 6.54 Å². The summed E-state index contributed by atoms with van der Waals surface area (Å²) in [6.07, 6.45) is 5.40. The van der Waals surface area contributed by atoms with Crippen molar-refractivity contribution in [3.8, 4) is 23.8 Å². The first-order valence-electron chi connectivity index (χ1n) is 11.4. The molecule has 0 N–H and O–H groups in total. The van der Waals surface area contributed by atoms with Gasteiger partial charge in [0.25, 0.3) is 0 Å². The average molecular weight is 439 g/mol. The molecule has 33 heavy (non-hydrogen) atoms. The van der Waals surface area contributed by atoms with Gasteiger partial charge in [0.15, 0.2) is 0 Å². The van der Waals surface area contributed by atoms with Crippen LogP contribution >= 0.6 is 0 Å². The van der Waals surface area contributed by atoms with E-state index in [1.165, 1.54) is 11.1 Å². The van der Waals surface area contributed by atoms with Gasteiger partial charge in [-0.05, 0) is 54.3 Å². The number of benzene rings is 3. The van der Waals surface area contributed by atoms with E-state index in [4.69, 9.17) is 20.9 Å². The van der Waals surface area contributed by atoms with Crippen LogP contribution in [0.25, 0.3) is 0 Å². The second kappa shape index (κ2) is 10.3. The number of hydrogen-bond donors (Lipinski definition) is 0. The molecule has 0 unspecified atom stereocenters. The molecule has 4 nitrogen and oxygen atoms in total. The zero-order valence-electron chi connectivity index (χ0n) is 19.5. The van der Waals surface area contributed by atoms with Crippen molar-refractivity contribution >= 4 is 11.4 Å². The highest BCUT2D eigenvalue weighted by atomic mass is 16.5. The van der Waals surface area contributed by atoms with Gasteiger partial charge in [-0.25, -0.2) is 0 Å². The number of rotatable bonds is 8. The maximum atomic E-state index is 5.73. The predicted octanol–water partition coefficient (Wildman–Crippen LogP) is 6.04. The van der Waals surface area contributed by atoms with Gasteiger partial charge in [-0.3, -0.25) is 4.99 Å². The van der Waals surface area contributed by atoms with Crippen molar-refractivity contribution in [1.29, 1.82) is 0 Å². The summed E-state index contributed by atoms with van der Waals surface area (Å²) in [5.74, 6) is 4.67. The van der Waals surface area contributed by atoms with Crippen molar-refractivity contribution in [1.82, 2.24) is 0 Å². The number of nitrogens with zero attached hydrogens (tertiary/aromatic N) is 2. The van der Waals surface area contributed by atoms with Crippen molar-refractivity contribution in [3.05, 3.63) is 89.0 Å².